The summed E-state index contributed by atoms with van der Waals surface area (Å²) in [6.45, 7) is 0. The summed E-state index contributed by atoms with van der Waals surface area (Å²) in [6, 6.07) is 32.8. The highest BCUT2D eigenvalue weighted by molar-refractivity contribution is 5.80. The summed E-state index contributed by atoms with van der Waals surface area (Å²) < 4.78 is 0. The van der Waals surface area contributed by atoms with Gasteiger partial charge in [-0.1, -0.05) is 97.1 Å². The van der Waals surface area contributed by atoms with Gasteiger partial charge in [0.1, 0.15) is 0 Å². The summed E-state index contributed by atoms with van der Waals surface area (Å²) in [5.41, 5.74) is 13.7. The van der Waals surface area contributed by atoms with Gasteiger partial charge in [0.15, 0.2) is 0 Å². The van der Waals surface area contributed by atoms with Crippen LogP contribution in [0.15, 0.2) is 91.0 Å². The molecule has 0 heterocycles. The maximum atomic E-state index is 3.95. The fourth-order valence-corrected chi connectivity index (χ4v) is 5.67. The number of benzene rings is 4. The largest absolute Gasteiger partial charge is 0.0720 e. The lowest BCUT2D eigenvalue weighted by molar-refractivity contribution is 0.949. The zero-order valence-electron chi connectivity index (χ0n) is 17.2. The van der Waals surface area contributed by atoms with Gasteiger partial charge in [-0.3, -0.25) is 0 Å². The summed E-state index contributed by atoms with van der Waals surface area (Å²) in [6.07, 6.45) is 10.3. The van der Waals surface area contributed by atoms with Gasteiger partial charge in [-0.15, -0.1) is 0 Å². The van der Waals surface area contributed by atoms with E-state index in [1.807, 2.05) is 0 Å². The fraction of sp³-hybridized carbons (Fsp3) is 0.0968. The molecular formula is C31H21. The Hall–Kier alpha value is -3.64. The van der Waals surface area contributed by atoms with Gasteiger partial charge in [-0.2, -0.15) is 0 Å². The Morgan fingerprint density at radius 1 is 0.613 bits per heavy atom. The van der Waals surface area contributed by atoms with Crippen molar-refractivity contribution in [1.29, 1.82) is 0 Å². The van der Waals surface area contributed by atoms with Gasteiger partial charge in [-0.25, -0.2) is 0 Å². The second-order valence-electron chi connectivity index (χ2n) is 8.80. The smallest absolute Gasteiger partial charge is 0.0288 e. The van der Waals surface area contributed by atoms with E-state index in [9.17, 15) is 0 Å². The van der Waals surface area contributed by atoms with Gasteiger partial charge < -0.3 is 0 Å². The zero-order valence-corrected chi connectivity index (χ0v) is 17.2. The molecule has 3 aliphatic carbocycles. The number of hydrogen-bond donors (Lipinski definition) is 0. The molecule has 3 aliphatic rings. The molecule has 1 radical (unpaired) electrons. The molecule has 0 saturated carbocycles. The summed E-state index contributed by atoms with van der Waals surface area (Å²) >= 11 is 0. The van der Waals surface area contributed by atoms with E-state index >= 15 is 0 Å². The molecule has 4 aromatic rings. The van der Waals surface area contributed by atoms with Crippen molar-refractivity contribution < 1.29 is 0 Å². The lowest BCUT2D eigenvalue weighted by atomic mass is 9.81. The summed E-state index contributed by atoms with van der Waals surface area (Å²) in [4.78, 5) is 0. The Bertz CT molecular complexity index is 1420. The third kappa shape index (κ3) is 2.48. The van der Waals surface area contributed by atoms with Crippen molar-refractivity contribution in [3.63, 3.8) is 0 Å². The Morgan fingerprint density at radius 3 is 2.06 bits per heavy atom. The Kier molecular flexibility index (Phi) is 3.54. The molecule has 0 aliphatic heterocycles. The van der Waals surface area contributed by atoms with Crippen molar-refractivity contribution >= 4 is 12.2 Å². The van der Waals surface area contributed by atoms with Gasteiger partial charge in [0, 0.05) is 11.8 Å². The lowest BCUT2D eigenvalue weighted by Crippen LogP contribution is -2.07. The first kappa shape index (κ1) is 17.1. The van der Waals surface area contributed by atoms with E-state index in [1.165, 1.54) is 55.6 Å². The van der Waals surface area contributed by atoms with Crippen LogP contribution >= 0.6 is 0 Å². The molecule has 0 amide bonds. The van der Waals surface area contributed by atoms with Crippen LogP contribution in [0, 0.1) is 6.07 Å². The highest BCUT2D eigenvalue weighted by atomic mass is 14.3. The average molecular weight is 394 g/mol. The molecule has 0 heteroatoms. The predicted octanol–water partition coefficient (Wildman–Crippen LogP) is 7.38. The number of fused-ring (bicyclic) bond motifs is 5. The molecule has 0 nitrogen and oxygen atoms in total. The van der Waals surface area contributed by atoms with Crippen LogP contribution in [0.2, 0.25) is 0 Å². The second-order valence-corrected chi connectivity index (χ2v) is 8.80. The standard InChI is InChI=1S/C31H21/c1-4-10-24-20(7-1)13-15-27(24)30-18-23-17-22-9-3-6-12-26(22)29(23)19-31(30)28-16-14-21-8-2-5-11-25(21)28/h1-16,19,27-28H,17H2. The molecule has 0 aromatic heterocycles. The fourth-order valence-electron chi connectivity index (χ4n) is 5.67. The summed E-state index contributed by atoms with van der Waals surface area (Å²) in [5.74, 6) is 0.544. The van der Waals surface area contributed by atoms with Crippen LogP contribution in [0.25, 0.3) is 23.3 Å². The minimum absolute atomic E-state index is 0.265. The molecule has 0 spiro atoms. The molecule has 0 N–H and O–H groups in total. The van der Waals surface area contributed by atoms with Gasteiger partial charge in [-0.05, 0) is 74.2 Å². The molecular weight excluding hydrogens is 372 g/mol. The molecule has 2 atom stereocenters. The van der Waals surface area contributed by atoms with Crippen molar-refractivity contribution in [2.24, 2.45) is 0 Å². The van der Waals surface area contributed by atoms with Crippen molar-refractivity contribution in [2.45, 2.75) is 18.3 Å². The number of rotatable bonds is 2. The molecule has 0 bridgehead atoms. The van der Waals surface area contributed by atoms with E-state index in [0.29, 0.717) is 0 Å². The Balaban J connectivity index is 1.47. The van der Waals surface area contributed by atoms with E-state index in [1.54, 1.807) is 0 Å². The predicted molar refractivity (Wildman–Crippen MR) is 128 cm³/mol. The first-order chi connectivity index (χ1) is 15.4. The van der Waals surface area contributed by atoms with Crippen LogP contribution in [-0.4, -0.2) is 0 Å². The van der Waals surface area contributed by atoms with Crippen molar-refractivity contribution in [3.05, 3.63) is 142 Å². The highest BCUT2D eigenvalue weighted by Gasteiger charge is 2.30. The van der Waals surface area contributed by atoms with Crippen LogP contribution in [-0.2, 0) is 6.42 Å². The van der Waals surface area contributed by atoms with Crippen LogP contribution in [0.1, 0.15) is 56.3 Å². The molecule has 7 rings (SSSR count). The number of hydrogen-bond acceptors (Lipinski definition) is 0. The molecule has 31 heavy (non-hydrogen) atoms. The Morgan fingerprint density at radius 2 is 1.26 bits per heavy atom. The topological polar surface area (TPSA) is 0 Å². The van der Waals surface area contributed by atoms with Crippen LogP contribution in [0.5, 0.6) is 0 Å². The second kappa shape index (κ2) is 6.43. The number of allylic oxidation sites excluding steroid dienone is 2. The first-order valence-corrected chi connectivity index (χ1v) is 11.1. The third-order valence-corrected chi connectivity index (χ3v) is 7.14. The van der Waals surface area contributed by atoms with Gasteiger partial charge >= 0.3 is 0 Å². The summed E-state index contributed by atoms with van der Waals surface area (Å²) in [7, 11) is 0. The summed E-state index contributed by atoms with van der Waals surface area (Å²) in [5, 5.41) is 0. The monoisotopic (exact) mass is 393 g/mol. The van der Waals surface area contributed by atoms with E-state index in [0.717, 1.165) is 6.42 Å². The van der Waals surface area contributed by atoms with Crippen molar-refractivity contribution in [3.8, 4) is 11.1 Å². The van der Waals surface area contributed by atoms with E-state index in [2.05, 4.69) is 109 Å². The molecule has 2 unspecified atom stereocenters. The van der Waals surface area contributed by atoms with Gasteiger partial charge in [0.25, 0.3) is 0 Å². The van der Waals surface area contributed by atoms with Gasteiger partial charge in [0.05, 0.1) is 0 Å². The van der Waals surface area contributed by atoms with Crippen LogP contribution in [0.4, 0.5) is 0 Å². The molecule has 0 fully saturated rings. The minimum atomic E-state index is 0.265. The molecule has 0 saturated heterocycles. The van der Waals surface area contributed by atoms with Crippen molar-refractivity contribution in [1.82, 2.24) is 0 Å². The minimum Gasteiger partial charge on any atom is -0.0720 e. The van der Waals surface area contributed by atoms with E-state index < -0.39 is 0 Å². The quantitative estimate of drug-likeness (QED) is 0.294. The third-order valence-electron chi connectivity index (χ3n) is 7.14. The SMILES string of the molecule is [c]1c2c(cc(C3C=Cc4ccccc43)c1C1C=Cc3ccccc31)-c1ccccc1C2. The van der Waals surface area contributed by atoms with Crippen LogP contribution in [0.3, 0.4) is 0 Å². The maximum Gasteiger partial charge on any atom is 0.0288 e. The zero-order chi connectivity index (χ0) is 20.4. The van der Waals surface area contributed by atoms with E-state index in [4.69, 9.17) is 0 Å². The molecule has 4 aromatic carbocycles. The Labute approximate surface area is 183 Å². The lowest BCUT2D eigenvalue weighted by Gasteiger charge is -2.22. The first-order valence-electron chi connectivity index (χ1n) is 11.1. The van der Waals surface area contributed by atoms with Crippen molar-refractivity contribution in [2.75, 3.05) is 0 Å². The normalized spacial score (nSPS) is 19.2. The average Bonchev–Trinajstić information content (AvgIpc) is 3.52. The van der Waals surface area contributed by atoms with Crippen LogP contribution < -0.4 is 0 Å². The highest BCUT2D eigenvalue weighted by Crippen LogP contribution is 2.47. The van der Waals surface area contributed by atoms with E-state index in [-0.39, 0.29) is 11.8 Å². The molecule has 145 valence electrons. The van der Waals surface area contributed by atoms with Gasteiger partial charge in [0.2, 0.25) is 0 Å². The maximum absolute atomic E-state index is 3.95.